The van der Waals surface area contributed by atoms with Gasteiger partial charge in [0.25, 0.3) is 0 Å². The summed E-state index contributed by atoms with van der Waals surface area (Å²) in [6.07, 6.45) is 2.81. The highest BCUT2D eigenvalue weighted by Gasteiger charge is 2.41. The number of hydrogen-bond acceptors (Lipinski definition) is 3. The van der Waals surface area contributed by atoms with E-state index in [9.17, 15) is 4.79 Å². The Hall–Kier alpha value is -0.870. The van der Waals surface area contributed by atoms with Crippen LogP contribution in [0.4, 0.5) is 0 Å². The lowest BCUT2D eigenvalue weighted by atomic mass is 10.1. The van der Waals surface area contributed by atoms with Crippen LogP contribution in [0.1, 0.15) is 17.7 Å². The van der Waals surface area contributed by atoms with Crippen molar-refractivity contribution in [1.29, 1.82) is 0 Å². The number of nitrogens with two attached hydrogens (primary N) is 1. The van der Waals surface area contributed by atoms with Crippen molar-refractivity contribution in [2.45, 2.75) is 19.3 Å². The predicted octanol–water partition coefficient (Wildman–Crippen LogP) is 1.15. The summed E-state index contributed by atoms with van der Waals surface area (Å²) < 4.78 is 0. The standard InChI is InChI=1S/C11H16N2OS/c12-7-11(3-4-11)8-13-10(14)6-9-2-1-5-15-9/h1-2,5H,3-4,6-8,12H2,(H,13,14). The van der Waals surface area contributed by atoms with Gasteiger partial charge in [-0.2, -0.15) is 0 Å². The molecule has 1 aliphatic rings. The van der Waals surface area contributed by atoms with Crippen LogP contribution in [0.15, 0.2) is 17.5 Å². The van der Waals surface area contributed by atoms with E-state index in [1.807, 2.05) is 17.5 Å². The van der Waals surface area contributed by atoms with E-state index in [-0.39, 0.29) is 11.3 Å². The molecule has 0 atom stereocenters. The molecule has 0 aliphatic heterocycles. The molecule has 0 unspecified atom stereocenters. The highest BCUT2D eigenvalue weighted by molar-refractivity contribution is 7.10. The molecule has 0 aromatic carbocycles. The zero-order valence-electron chi connectivity index (χ0n) is 8.66. The fourth-order valence-corrected chi connectivity index (χ4v) is 2.25. The summed E-state index contributed by atoms with van der Waals surface area (Å²) in [6.45, 7) is 1.43. The minimum Gasteiger partial charge on any atom is -0.355 e. The maximum Gasteiger partial charge on any atom is 0.225 e. The number of carbonyl (C=O) groups is 1. The predicted molar refractivity (Wildman–Crippen MR) is 61.8 cm³/mol. The van der Waals surface area contributed by atoms with Gasteiger partial charge in [-0.25, -0.2) is 0 Å². The Morgan fingerprint density at radius 1 is 1.60 bits per heavy atom. The van der Waals surface area contributed by atoms with E-state index in [4.69, 9.17) is 5.73 Å². The Morgan fingerprint density at radius 2 is 2.40 bits per heavy atom. The molecule has 2 rings (SSSR count). The van der Waals surface area contributed by atoms with Crippen LogP contribution in [-0.2, 0) is 11.2 Å². The number of rotatable bonds is 5. The van der Waals surface area contributed by atoms with Crippen molar-refractivity contribution in [3.05, 3.63) is 22.4 Å². The zero-order valence-corrected chi connectivity index (χ0v) is 9.48. The lowest BCUT2D eigenvalue weighted by Crippen LogP contribution is -2.34. The first-order chi connectivity index (χ1) is 7.24. The van der Waals surface area contributed by atoms with Crippen molar-refractivity contribution in [3.63, 3.8) is 0 Å². The summed E-state index contributed by atoms with van der Waals surface area (Å²) >= 11 is 1.62. The molecule has 4 heteroatoms. The third kappa shape index (κ3) is 2.79. The fourth-order valence-electron chi connectivity index (χ4n) is 1.55. The normalized spacial score (nSPS) is 17.4. The fraction of sp³-hybridized carbons (Fsp3) is 0.545. The molecule has 1 fully saturated rings. The molecule has 0 spiro atoms. The third-order valence-electron chi connectivity index (χ3n) is 2.97. The molecular weight excluding hydrogens is 208 g/mol. The van der Waals surface area contributed by atoms with Gasteiger partial charge >= 0.3 is 0 Å². The molecule has 0 bridgehead atoms. The van der Waals surface area contributed by atoms with Crippen molar-refractivity contribution in [2.75, 3.05) is 13.1 Å². The van der Waals surface area contributed by atoms with Crippen molar-refractivity contribution in [2.24, 2.45) is 11.1 Å². The van der Waals surface area contributed by atoms with E-state index < -0.39 is 0 Å². The minimum absolute atomic E-state index is 0.108. The molecular formula is C11H16N2OS. The molecule has 15 heavy (non-hydrogen) atoms. The first-order valence-electron chi connectivity index (χ1n) is 5.23. The van der Waals surface area contributed by atoms with Crippen LogP contribution in [-0.4, -0.2) is 19.0 Å². The molecule has 3 nitrogen and oxygen atoms in total. The lowest BCUT2D eigenvalue weighted by molar-refractivity contribution is -0.120. The number of carbonyl (C=O) groups excluding carboxylic acids is 1. The van der Waals surface area contributed by atoms with Gasteiger partial charge < -0.3 is 11.1 Å². The second-order valence-electron chi connectivity index (χ2n) is 4.24. The zero-order chi connectivity index (χ0) is 10.7. The maximum absolute atomic E-state index is 11.6. The first-order valence-corrected chi connectivity index (χ1v) is 6.11. The molecule has 0 saturated heterocycles. The average Bonchev–Trinajstić information content (AvgIpc) is 2.86. The van der Waals surface area contributed by atoms with Crippen molar-refractivity contribution >= 4 is 17.2 Å². The average molecular weight is 224 g/mol. The van der Waals surface area contributed by atoms with Crippen LogP contribution in [0.25, 0.3) is 0 Å². The van der Waals surface area contributed by atoms with Crippen molar-refractivity contribution in [1.82, 2.24) is 5.32 Å². The second kappa shape index (κ2) is 4.33. The van der Waals surface area contributed by atoms with Crippen molar-refractivity contribution < 1.29 is 4.79 Å². The van der Waals surface area contributed by atoms with Crippen LogP contribution in [0.2, 0.25) is 0 Å². The van der Waals surface area contributed by atoms with E-state index in [1.165, 1.54) is 0 Å². The molecule has 0 radical (unpaired) electrons. The second-order valence-corrected chi connectivity index (χ2v) is 5.27. The summed E-state index contributed by atoms with van der Waals surface area (Å²) in [6, 6.07) is 3.95. The molecule has 82 valence electrons. The van der Waals surface area contributed by atoms with Gasteiger partial charge in [0.2, 0.25) is 5.91 Å². The number of amides is 1. The SMILES string of the molecule is NCC1(CNC(=O)Cc2cccs2)CC1. The van der Waals surface area contributed by atoms with E-state index in [0.29, 0.717) is 13.0 Å². The Kier molecular flexibility index (Phi) is 3.07. The smallest absolute Gasteiger partial charge is 0.225 e. The summed E-state index contributed by atoms with van der Waals surface area (Å²) in [4.78, 5) is 12.7. The molecule has 1 saturated carbocycles. The van der Waals surface area contributed by atoms with E-state index in [0.717, 1.165) is 24.3 Å². The molecule has 1 amide bonds. The number of thiophene rings is 1. The Balaban J connectivity index is 1.74. The van der Waals surface area contributed by atoms with Gasteiger partial charge in [-0.3, -0.25) is 4.79 Å². The number of nitrogens with one attached hydrogen (secondary N) is 1. The Labute approximate surface area is 93.7 Å². The topological polar surface area (TPSA) is 55.1 Å². The van der Waals surface area contributed by atoms with Crippen LogP contribution in [0, 0.1) is 5.41 Å². The van der Waals surface area contributed by atoms with Crippen LogP contribution in [0.3, 0.4) is 0 Å². The van der Waals surface area contributed by atoms with Gasteiger partial charge in [0.05, 0.1) is 6.42 Å². The quantitative estimate of drug-likeness (QED) is 0.788. The Bertz CT molecular complexity index is 330. The number of hydrogen-bond donors (Lipinski definition) is 2. The van der Waals surface area contributed by atoms with Gasteiger partial charge in [0.1, 0.15) is 0 Å². The monoisotopic (exact) mass is 224 g/mol. The maximum atomic E-state index is 11.6. The van der Waals surface area contributed by atoms with Gasteiger partial charge in [-0.15, -0.1) is 11.3 Å². The first kappa shape index (κ1) is 10.6. The van der Waals surface area contributed by atoms with Crippen LogP contribution < -0.4 is 11.1 Å². The van der Waals surface area contributed by atoms with Gasteiger partial charge in [-0.1, -0.05) is 6.07 Å². The van der Waals surface area contributed by atoms with E-state index in [2.05, 4.69) is 5.32 Å². The molecule has 1 aliphatic carbocycles. The van der Waals surface area contributed by atoms with Gasteiger partial charge in [0, 0.05) is 11.4 Å². The third-order valence-corrected chi connectivity index (χ3v) is 3.84. The molecule has 1 aromatic rings. The van der Waals surface area contributed by atoms with Crippen molar-refractivity contribution in [3.8, 4) is 0 Å². The minimum atomic E-state index is 0.108. The van der Waals surface area contributed by atoms with Gasteiger partial charge in [-0.05, 0) is 36.2 Å². The molecule has 1 heterocycles. The van der Waals surface area contributed by atoms with Gasteiger partial charge in [0.15, 0.2) is 0 Å². The summed E-state index contributed by atoms with van der Waals surface area (Å²) in [7, 11) is 0. The molecule has 3 N–H and O–H groups in total. The highest BCUT2D eigenvalue weighted by Crippen LogP contribution is 2.43. The molecule has 1 aromatic heterocycles. The lowest BCUT2D eigenvalue weighted by Gasteiger charge is -2.12. The van der Waals surface area contributed by atoms with E-state index in [1.54, 1.807) is 11.3 Å². The highest BCUT2D eigenvalue weighted by atomic mass is 32.1. The van der Waals surface area contributed by atoms with E-state index >= 15 is 0 Å². The Morgan fingerprint density at radius 3 is 2.93 bits per heavy atom. The summed E-state index contributed by atoms with van der Waals surface area (Å²) in [5.74, 6) is 0.108. The largest absolute Gasteiger partial charge is 0.355 e. The van der Waals surface area contributed by atoms with Crippen LogP contribution >= 0.6 is 11.3 Å². The summed E-state index contributed by atoms with van der Waals surface area (Å²) in [5.41, 5.74) is 5.87. The summed E-state index contributed by atoms with van der Waals surface area (Å²) in [5, 5.41) is 4.95. The van der Waals surface area contributed by atoms with Crippen LogP contribution in [0.5, 0.6) is 0 Å².